The highest BCUT2D eigenvalue weighted by atomic mass is 19.2. The fraction of sp³-hybridized carbons (Fsp3) is 0.200. The maximum Gasteiger partial charge on any atom is 0.325 e. The predicted molar refractivity (Wildman–Crippen MR) is 55.6 cm³/mol. The molecular weight excluding hydrogens is 234 g/mol. The van der Waals surface area contributed by atoms with Crippen molar-refractivity contribution in [3.05, 3.63) is 29.8 Å². The van der Waals surface area contributed by atoms with Gasteiger partial charge in [0.1, 0.15) is 6.04 Å². The van der Waals surface area contributed by atoms with Crippen molar-refractivity contribution in [3.8, 4) is 0 Å². The number of benzene rings is 1. The Morgan fingerprint density at radius 1 is 1.35 bits per heavy atom. The molecule has 92 valence electrons. The van der Waals surface area contributed by atoms with Crippen LogP contribution < -0.4 is 10.6 Å². The number of aliphatic carboxylic acids is 1. The van der Waals surface area contributed by atoms with Gasteiger partial charge in [-0.3, -0.25) is 4.79 Å². The van der Waals surface area contributed by atoms with E-state index >= 15 is 0 Å². The summed E-state index contributed by atoms with van der Waals surface area (Å²) in [6.07, 6.45) is 0. The molecule has 0 aromatic heterocycles. The summed E-state index contributed by atoms with van der Waals surface area (Å²) < 4.78 is 25.9. The highest BCUT2D eigenvalue weighted by Crippen LogP contribution is 2.16. The number of halogens is 2. The quantitative estimate of drug-likeness (QED) is 0.755. The van der Waals surface area contributed by atoms with Gasteiger partial charge < -0.3 is 15.7 Å². The van der Waals surface area contributed by atoms with Gasteiger partial charge >= 0.3 is 12.0 Å². The van der Waals surface area contributed by atoms with Crippen molar-refractivity contribution >= 4 is 17.7 Å². The van der Waals surface area contributed by atoms with E-state index in [0.717, 1.165) is 12.1 Å². The number of amides is 2. The molecule has 0 bridgehead atoms. The highest BCUT2D eigenvalue weighted by molar-refractivity contribution is 5.92. The van der Waals surface area contributed by atoms with Crippen LogP contribution in [0.15, 0.2) is 18.2 Å². The lowest BCUT2D eigenvalue weighted by Gasteiger charge is -2.11. The molecule has 0 saturated heterocycles. The van der Waals surface area contributed by atoms with Crippen LogP contribution in [0.1, 0.15) is 6.92 Å². The highest BCUT2D eigenvalue weighted by Gasteiger charge is 2.15. The molecular formula is C10H10F2N2O3. The summed E-state index contributed by atoms with van der Waals surface area (Å²) in [6, 6.07) is 1.21. The Kier molecular flexibility index (Phi) is 3.97. The Balaban J connectivity index is 2.69. The van der Waals surface area contributed by atoms with Crippen molar-refractivity contribution in [1.29, 1.82) is 0 Å². The largest absolute Gasteiger partial charge is 0.480 e. The molecule has 0 radical (unpaired) electrons. The maximum atomic E-state index is 13.1. The zero-order valence-corrected chi connectivity index (χ0v) is 8.83. The monoisotopic (exact) mass is 244 g/mol. The maximum absolute atomic E-state index is 13.1. The first-order valence-electron chi connectivity index (χ1n) is 4.66. The lowest BCUT2D eigenvalue weighted by Crippen LogP contribution is -2.41. The average Bonchev–Trinajstić information content (AvgIpc) is 2.24. The van der Waals surface area contributed by atoms with Crippen LogP contribution in [0.4, 0.5) is 19.3 Å². The number of rotatable bonds is 3. The number of carbonyl (C=O) groups excluding carboxylic acids is 1. The zero-order chi connectivity index (χ0) is 13.0. The van der Waals surface area contributed by atoms with Crippen molar-refractivity contribution in [1.82, 2.24) is 5.32 Å². The first-order chi connectivity index (χ1) is 7.91. The normalized spacial score (nSPS) is 11.7. The van der Waals surface area contributed by atoms with Crippen molar-refractivity contribution in [2.24, 2.45) is 0 Å². The van der Waals surface area contributed by atoms with Gasteiger partial charge in [0.15, 0.2) is 11.6 Å². The van der Waals surface area contributed by atoms with E-state index in [1.807, 2.05) is 10.6 Å². The van der Waals surface area contributed by atoms with Gasteiger partial charge in [-0.25, -0.2) is 13.6 Å². The summed E-state index contributed by atoms with van der Waals surface area (Å²) >= 11 is 0. The van der Waals surface area contributed by atoms with Gasteiger partial charge in [-0.2, -0.15) is 0 Å². The lowest BCUT2D eigenvalue weighted by molar-refractivity contribution is -0.138. The van der Waals surface area contributed by atoms with Crippen molar-refractivity contribution in [2.75, 3.05) is 5.32 Å². The summed E-state index contributed by atoms with van der Waals surface area (Å²) in [7, 11) is 0. The van der Waals surface area contributed by atoms with Crippen LogP contribution in [-0.4, -0.2) is 23.1 Å². The molecule has 1 aromatic carbocycles. The van der Waals surface area contributed by atoms with E-state index in [0.29, 0.717) is 0 Å². The third-order valence-corrected chi connectivity index (χ3v) is 1.92. The summed E-state index contributed by atoms with van der Waals surface area (Å²) in [4.78, 5) is 21.6. The van der Waals surface area contributed by atoms with E-state index in [4.69, 9.17) is 5.11 Å². The summed E-state index contributed by atoms with van der Waals surface area (Å²) in [5.41, 5.74) is -0.361. The Morgan fingerprint density at radius 3 is 2.59 bits per heavy atom. The van der Waals surface area contributed by atoms with E-state index in [1.54, 1.807) is 0 Å². The summed E-state index contributed by atoms with van der Waals surface area (Å²) in [6.45, 7) is 1.24. The number of hydrogen-bond donors (Lipinski definition) is 3. The number of carbonyl (C=O) groups is 2. The fourth-order valence-electron chi connectivity index (χ4n) is 1.02. The second-order valence-electron chi connectivity index (χ2n) is 3.26. The summed E-state index contributed by atoms with van der Waals surface area (Å²) in [5, 5.41) is 12.6. The molecule has 1 aromatic rings. The van der Waals surface area contributed by atoms with Crippen molar-refractivity contribution in [2.45, 2.75) is 13.0 Å². The Hall–Kier alpha value is -2.18. The van der Waals surface area contributed by atoms with Crippen molar-refractivity contribution in [3.63, 3.8) is 0 Å². The number of nitrogens with one attached hydrogen (secondary N) is 2. The molecule has 17 heavy (non-hydrogen) atoms. The van der Waals surface area contributed by atoms with Gasteiger partial charge in [0, 0.05) is 0 Å². The molecule has 0 spiro atoms. The molecule has 1 rings (SSSR count). The Morgan fingerprint density at radius 2 is 2.00 bits per heavy atom. The van der Waals surface area contributed by atoms with Crippen LogP contribution in [-0.2, 0) is 4.79 Å². The number of hydrogen-bond acceptors (Lipinski definition) is 2. The molecule has 0 unspecified atom stereocenters. The number of carboxylic acid groups (broad SMARTS) is 1. The molecule has 1 atom stereocenters. The lowest BCUT2D eigenvalue weighted by atomic mass is 10.3. The molecule has 0 fully saturated rings. The fourth-order valence-corrected chi connectivity index (χ4v) is 1.02. The summed E-state index contributed by atoms with van der Waals surface area (Å²) in [5.74, 6) is -3.54. The average molecular weight is 244 g/mol. The van der Waals surface area contributed by atoms with Crippen LogP contribution in [0, 0.1) is 11.6 Å². The van der Waals surface area contributed by atoms with Gasteiger partial charge in [0.2, 0.25) is 0 Å². The van der Waals surface area contributed by atoms with Gasteiger partial charge in [0.25, 0.3) is 0 Å². The topological polar surface area (TPSA) is 78.4 Å². The van der Waals surface area contributed by atoms with E-state index in [2.05, 4.69) is 0 Å². The molecule has 3 N–H and O–H groups in total. The van der Waals surface area contributed by atoms with Gasteiger partial charge in [0.05, 0.1) is 5.69 Å². The zero-order valence-electron chi connectivity index (χ0n) is 8.83. The molecule has 0 saturated carbocycles. The van der Waals surface area contributed by atoms with Gasteiger partial charge in [-0.15, -0.1) is 0 Å². The molecule has 0 heterocycles. The minimum absolute atomic E-state index is 0.361. The molecule has 0 aliphatic carbocycles. The van der Waals surface area contributed by atoms with Crippen LogP contribution in [0.3, 0.4) is 0 Å². The standard InChI is InChI=1S/C10H10F2N2O3/c1-5(9(15)16)13-10(17)14-7-4-2-3-6(11)8(7)12/h2-5H,1H3,(H,15,16)(H2,13,14,17)/t5-/m0/s1. The molecule has 7 heteroatoms. The van der Waals surface area contributed by atoms with Gasteiger partial charge in [-0.05, 0) is 19.1 Å². The number of urea groups is 1. The molecule has 2 amide bonds. The van der Waals surface area contributed by atoms with Crippen LogP contribution in [0.25, 0.3) is 0 Å². The van der Waals surface area contributed by atoms with E-state index in [-0.39, 0.29) is 5.69 Å². The minimum atomic E-state index is -1.24. The van der Waals surface area contributed by atoms with Crippen molar-refractivity contribution < 1.29 is 23.5 Å². The second-order valence-corrected chi connectivity index (χ2v) is 3.26. The minimum Gasteiger partial charge on any atom is -0.480 e. The third-order valence-electron chi connectivity index (χ3n) is 1.92. The van der Waals surface area contributed by atoms with E-state index in [1.165, 1.54) is 13.0 Å². The number of anilines is 1. The predicted octanol–water partition coefficient (Wildman–Crippen LogP) is 1.56. The number of carboxylic acids is 1. The third kappa shape index (κ3) is 3.40. The first-order valence-corrected chi connectivity index (χ1v) is 4.66. The molecule has 5 nitrogen and oxygen atoms in total. The molecule has 0 aliphatic rings. The van der Waals surface area contributed by atoms with E-state index in [9.17, 15) is 18.4 Å². The second kappa shape index (κ2) is 5.24. The molecule has 0 aliphatic heterocycles. The van der Waals surface area contributed by atoms with E-state index < -0.39 is 29.7 Å². The van der Waals surface area contributed by atoms with Gasteiger partial charge in [-0.1, -0.05) is 6.07 Å². The smallest absolute Gasteiger partial charge is 0.325 e. The Labute approximate surface area is 95.4 Å². The SMILES string of the molecule is C[C@H](NC(=O)Nc1cccc(F)c1F)C(=O)O. The Bertz CT molecular complexity index is 451. The van der Waals surface area contributed by atoms with Crippen LogP contribution >= 0.6 is 0 Å². The van der Waals surface area contributed by atoms with Crippen LogP contribution in [0.2, 0.25) is 0 Å². The first kappa shape index (κ1) is 12.9. The van der Waals surface area contributed by atoms with Crippen LogP contribution in [0.5, 0.6) is 0 Å².